The molecule has 146 valence electrons. The number of amides is 1. The molecule has 0 aliphatic heterocycles. The van der Waals surface area contributed by atoms with Crippen LogP contribution in [0, 0.1) is 12.3 Å². The molecule has 0 radical (unpaired) electrons. The summed E-state index contributed by atoms with van der Waals surface area (Å²) in [5.41, 5.74) is 0.688. The maximum absolute atomic E-state index is 12.9. The molecule has 0 aliphatic carbocycles. The van der Waals surface area contributed by atoms with Crippen molar-refractivity contribution in [2.75, 3.05) is 11.9 Å². The van der Waals surface area contributed by atoms with Crippen LogP contribution < -0.4 is 10.9 Å². The van der Waals surface area contributed by atoms with Crippen LogP contribution in [0.1, 0.15) is 32.5 Å². The minimum absolute atomic E-state index is 0.0923. The number of ether oxygens (including phenoxy) is 1. The first-order valence-corrected chi connectivity index (χ1v) is 9.88. The highest BCUT2D eigenvalue weighted by Crippen LogP contribution is 2.29. The van der Waals surface area contributed by atoms with Gasteiger partial charge in [0.1, 0.15) is 16.1 Å². The number of fused-ring (bicyclic) bond motifs is 3. The van der Waals surface area contributed by atoms with Crippen molar-refractivity contribution >= 4 is 50.0 Å². The van der Waals surface area contributed by atoms with Crippen molar-refractivity contribution in [2.45, 2.75) is 13.8 Å². The second-order valence-corrected chi connectivity index (χ2v) is 7.72. The third-order valence-electron chi connectivity index (χ3n) is 4.50. The molecule has 0 atom stereocenters. The van der Waals surface area contributed by atoms with Crippen molar-refractivity contribution in [1.82, 2.24) is 0 Å². The van der Waals surface area contributed by atoms with Gasteiger partial charge in [0.25, 0.3) is 5.91 Å². The first-order valence-electron chi connectivity index (χ1n) is 9.07. The van der Waals surface area contributed by atoms with Gasteiger partial charge in [-0.15, -0.1) is 11.3 Å². The van der Waals surface area contributed by atoms with Crippen molar-refractivity contribution in [3.05, 3.63) is 70.1 Å². The van der Waals surface area contributed by atoms with Crippen LogP contribution in [0.2, 0.25) is 0 Å². The molecule has 2 aromatic heterocycles. The van der Waals surface area contributed by atoms with Crippen LogP contribution in [-0.2, 0) is 4.74 Å². The van der Waals surface area contributed by atoms with Crippen LogP contribution in [0.4, 0.5) is 5.00 Å². The molecule has 4 aromatic rings. The largest absolute Gasteiger partial charge is 0.462 e. The van der Waals surface area contributed by atoms with Crippen LogP contribution in [-0.4, -0.2) is 18.5 Å². The Bertz CT molecular complexity index is 1320. The van der Waals surface area contributed by atoms with E-state index in [0.29, 0.717) is 16.1 Å². The monoisotopic (exact) mass is 406 g/mol. The standard InChI is InChI=1S/C22H18N2O4S/c1-3-27-22(26)17-10-12(2)29-21(17)24-20(25)16-11-15-14-7-5-4-6-13(14)8-9-18(15)28-19(16)23/h4-11,23H,3H2,1-2H3,(H,24,25). The van der Waals surface area contributed by atoms with Crippen LogP contribution in [0.3, 0.4) is 0 Å². The summed E-state index contributed by atoms with van der Waals surface area (Å²) in [5, 5.41) is 14.0. The van der Waals surface area contributed by atoms with Gasteiger partial charge in [0.15, 0.2) is 0 Å². The van der Waals surface area contributed by atoms with Gasteiger partial charge >= 0.3 is 5.97 Å². The normalized spacial score (nSPS) is 11.0. The van der Waals surface area contributed by atoms with E-state index in [2.05, 4.69) is 5.32 Å². The number of anilines is 1. The Morgan fingerprint density at radius 3 is 2.69 bits per heavy atom. The SMILES string of the molecule is CCOC(=O)c1cc(C)sc1NC(=O)c1cc2c(ccc3ccccc32)oc1=N. The maximum Gasteiger partial charge on any atom is 0.341 e. The number of rotatable bonds is 4. The highest BCUT2D eigenvalue weighted by atomic mass is 32.1. The number of thiophene rings is 1. The Hall–Kier alpha value is -3.45. The molecular weight excluding hydrogens is 388 g/mol. The second-order valence-electron chi connectivity index (χ2n) is 6.46. The number of esters is 1. The van der Waals surface area contributed by atoms with E-state index >= 15 is 0 Å². The molecule has 0 aliphatic rings. The number of hydrogen-bond acceptors (Lipinski definition) is 6. The fourth-order valence-electron chi connectivity index (χ4n) is 3.19. The Labute approximate surface area is 170 Å². The summed E-state index contributed by atoms with van der Waals surface area (Å²) in [4.78, 5) is 25.9. The van der Waals surface area contributed by atoms with Gasteiger partial charge in [-0.1, -0.05) is 30.3 Å². The van der Waals surface area contributed by atoms with Crippen LogP contribution >= 0.6 is 11.3 Å². The fourth-order valence-corrected chi connectivity index (χ4v) is 4.09. The van der Waals surface area contributed by atoms with E-state index < -0.39 is 11.9 Å². The van der Waals surface area contributed by atoms with Gasteiger partial charge in [-0.3, -0.25) is 10.2 Å². The Balaban J connectivity index is 1.76. The molecule has 2 aromatic carbocycles. The van der Waals surface area contributed by atoms with E-state index in [1.165, 1.54) is 11.3 Å². The van der Waals surface area contributed by atoms with Gasteiger partial charge in [0.2, 0.25) is 5.55 Å². The van der Waals surface area contributed by atoms with E-state index in [1.807, 2.05) is 37.3 Å². The maximum atomic E-state index is 12.9. The van der Waals surface area contributed by atoms with Gasteiger partial charge < -0.3 is 14.5 Å². The zero-order valence-electron chi connectivity index (χ0n) is 15.9. The lowest BCUT2D eigenvalue weighted by atomic mass is 10.0. The van der Waals surface area contributed by atoms with Crippen LogP contribution in [0.15, 0.2) is 52.9 Å². The third kappa shape index (κ3) is 3.52. The van der Waals surface area contributed by atoms with Crippen molar-refractivity contribution in [3.8, 4) is 0 Å². The summed E-state index contributed by atoms with van der Waals surface area (Å²) in [6.45, 7) is 3.81. The lowest BCUT2D eigenvalue weighted by Gasteiger charge is -2.08. The smallest absolute Gasteiger partial charge is 0.341 e. The van der Waals surface area contributed by atoms with Crippen LogP contribution in [0.5, 0.6) is 0 Å². The first-order chi connectivity index (χ1) is 14.0. The molecule has 0 saturated carbocycles. The fraction of sp³-hybridized carbons (Fsp3) is 0.136. The topological polar surface area (TPSA) is 92.4 Å². The Morgan fingerprint density at radius 1 is 1.10 bits per heavy atom. The molecule has 0 saturated heterocycles. The van der Waals surface area contributed by atoms with E-state index in [0.717, 1.165) is 21.0 Å². The molecule has 4 rings (SSSR count). The van der Waals surface area contributed by atoms with Crippen molar-refractivity contribution < 1.29 is 18.7 Å². The third-order valence-corrected chi connectivity index (χ3v) is 5.46. The minimum atomic E-state index is -0.513. The average Bonchev–Trinajstić information content (AvgIpc) is 3.07. The predicted molar refractivity (Wildman–Crippen MR) is 113 cm³/mol. The molecule has 0 fully saturated rings. The summed E-state index contributed by atoms with van der Waals surface area (Å²) >= 11 is 1.28. The lowest BCUT2D eigenvalue weighted by Crippen LogP contribution is -2.21. The molecule has 0 bridgehead atoms. The van der Waals surface area contributed by atoms with Gasteiger partial charge in [-0.25, -0.2) is 4.79 Å². The molecule has 7 heteroatoms. The van der Waals surface area contributed by atoms with Gasteiger partial charge in [0.05, 0.1) is 12.2 Å². The summed E-state index contributed by atoms with van der Waals surface area (Å²) in [6, 6.07) is 14.8. The minimum Gasteiger partial charge on any atom is -0.462 e. The molecular formula is C22H18N2O4S. The van der Waals surface area contributed by atoms with Crippen molar-refractivity contribution in [1.29, 1.82) is 5.41 Å². The van der Waals surface area contributed by atoms with E-state index in [1.54, 1.807) is 25.1 Å². The molecule has 29 heavy (non-hydrogen) atoms. The summed E-state index contributed by atoms with van der Waals surface area (Å²) in [6.07, 6.45) is 0. The molecule has 0 spiro atoms. The average molecular weight is 406 g/mol. The highest BCUT2D eigenvalue weighted by molar-refractivity contribution is 7.16. The summed E-state index contributed by atoms with van der Waals surface area (Å²) in [5.74, 6) is -1.01. The van der Waals surface area contributed by atoms with Gasteiger partial charge in [0, 0.05) is 10.3 Å². The number of benzene rings is 2. The van der Waals surface area contributed by atoms with Crippen molar-refractivity contribution in [3.63, 3.8) is 0 Å². The Morgan fingerprint density at radius 2 is 1.90 bits per heavy atom. The van der Waals surface area contributed by atoms with E-state index in [4.69, 9.17) is 14.6 Å². The quantitative estimate of drug-likeness (QED) is 0.374. The second kappa shape index (κ2) is 7.52. The number of carbonyl (C=O) groups is 2. The zero-order chi connectivity index (χ0) is 20.5. The molecule has 6 nitrogen and oxygen atoms in total. The summed E-state index contributed by atoms with van der Waals surface area (Å²) in [7, 11) is 0. The highest BCUT2D eigenvalue weighted by Gasteiger charge is 2.20. The van der Waals surface area contributed by atoms with Crippen molar-refractivity contribution in [2.24, 2.45) is 0 Å². The number of hydrogen-bond donors (Lipinski definition) is 2. The van der Waals surface area contributed by atoms with E-state index in [-0.39, 0.29) is 17.7 Å². The van der Waals surface area contributed by atoms with Gasteiger partial charge in [-0.2, -0.15) is 0 Å². The number of carbonyl (C=O) groups excluding carboxylic acids is 2. The number of nitrogens with one attached hydrogen (secondary N) is 2. The molecule has 2 heterocycles. The molecule has 1 amide bonds. The Kier molecular flexibility index (Phi) is 4.90. The number of aryl methyl sites for hydroxylation is 1. The lowest BCUT2D eigenvalue weighted by molar-refractivity contribution is 0.0528. The predicted octanol–water partition coefficient (Wildman–Crippen LogP) is 4.86. The zero-order valence-corrected chi connectivity index (χ0v) is 16.7. The van der Waals surface area contributed by atoms with Crippen LogP contribution in [0.25, 0.3) is 21.7 Å². The summed E-state index contributed by atoms with van der Waals surface area (Å²) < 4.78 is 10.7. The molecule has 2 N–H and O–H groups in total. The van der Waals surface area contributed by atoms with E-state index in [9.17, 15) is 9.59 Å². The molecule has 0 unspecified atom stereocenters. The first kappa shape index (κ1) is 18.9. The van der Waals surface area contributed by atoms with Gasteiger partial charge in [-0.05, 0) is 42.8 Å².